The molecule has 218 valence electrons. The Balaban J connectivity index is 1.45. The minimum atomic E-state index is -1.26. The largest absolute Gasteiger partial charge is 0.494 e. The number of nitrogens with zero attached hydrogens (tertiary/aromatic N) is 3. The number of fused-ring (bicyclic) bond motifs is 1. The number of carbonyl (C=O) groups is 1. The molecule has 1 saturated heterocycles. The lowest BCUT2D eigenvalue weighted by Crippen LogP contribution is -2.23. The average Bonchev–Trinajstić information content (AvgIpc) is 3.36. The summed E-state index contributed by atoms with van der Waals surface area (Å²) >= 11 is 0. The first-order valence-corrected chi connectivity index (χ1v) is 13.7. The zero-order valence-corrected chi connectivity index (χ0v) is 24.0. The zero-order chi connectivity index (χ0) is 29.9. The Labute approximate surface area is 244 Å². The van der Waals surface area contributed by atoms with E-state index in [0.717, 1.165) is 19.4 Å². The molecule has 42 heavy (non-hydrogen) atoms. The minimum Gasteiger partial charge on any atom is -0.494 e. The molecule has 1 aromatic heterocycles. The molecule has 1 amide bonds. The number of hydrogen-bond donors (Lipinski definition) is 3. The number of carbonyl (C=O) groups excluding carboxylic acids is 1. The molecule has 1 fully saturated rings. The number of rotatable bonds is 9. The Hall–Kier alpha value is -4.54. The summed E-state index contributed by atoms with van der Waals surface area (Å²) in [6.45, 7) is 4.34. The van der Waals surface area contributed by atoms with Gasteiger partial charge in [-0.2, -0.15) is 0 Å². The van der Waals surface area contributed by atoms with E-state index in [1.807, 2.05) is 6.08 Å². The van der Waals surface area contributed by atoms with Crippen LogP contribution in [0.1, 0.15) is 32.3 Å². The Morgan fingerprint density at radius 3 is 2.64 bits per heavy atom. The number of hydrogen-bond acceptors (Lipinski definition) is 8. The van der Waals surface area contributed by atoms with E-state index >= 15 is 0 Å². The van der Waals surface area contributed by atoms with E-state index < -0.39 is 11.4 Å². The van der Waals surface area contributed by atoms with Crippen molar-refractivity contribution < 1.29 is 23.8 Å². The van der Waals surface area contributed by atoms with Crippen LogP contribution in [-0.2, 0) is 10.4 Å². The van der Waals surface area contributed by atoms with Crippen LogP contribution in [0.3, 0.4) is 0 Å². The van der Waals surface area contributed by atoms with Gasteiger partial charge in [0.25, 0.3) is 0 Å². The van der Waals surface area contributed by atoms with E-state index in [4.69, 9.17) is 9.47 Å². The van der Waals surface area contributed by atoms with Crippen LogP contribution in [0.15, 0.2) is 73.1 Å². The number of likely N-dealkylation sites (N-methyl/N-ethyl adjacent to an activating group) is 1. The van der Waals surface area contributed by atoms with Crippen molar-refractivity contribution in [1.29, 1.82) is 0 Å². The minimum absolute atomic E-state index is 0.245. The molecule has 1 aliphatic rings. The van der Waals surface area contributed by atoms with Crippen molar-refractivity contribution in [2.24, 2.45) is 0 Å². The summed E-state index contributed by atoms with van der Waals surface area (Å²) in [4.78, 5) is 23.9. The fourth-order valence-corrected chi connectivity index (χ4v) is 5.00. The Morgan fingerprint density at radius 2 is 1.93 bits per heavy atom. The average molecular weight is 572 g/mol. The van der Waals surface area contributed by atoms with Crippen LogP contribution >= 0.6 is 0 Å². The van der Waals surface area contributed by atoms with Gasteiger partial charge in [-0.15, -0.1) is 0 Å². The van der Waals surface area contributed by atoms with Gasteiger partial charge in [-0.25, -0.2) is 14.4 Å². The van der Waals surface area contributed by atoms with Crippen molar-refractivity contribution >= 4 is 34.0 Å². The summed E-state index contributed by atoms with van der Waals surface area (Å²) in [5, 5.41) is 17.9. The number of halogens is 1. The molecule has 0 bridgehead atoms. The molecule has 0 aliphatic carbocycles. The molecule has 0 spiro atoms. The van der Waals surface area contributed by atoms with Crippen LogP contribution in [0.5, 0.6) is 17.2 Å². The summed E-state index contributed by atoms with van der Waals surface area (Å²) < 4.78 is 25.0. The Kier molecular flexibility index (Phi) is 8.37. The molecule has 0 saturated carbocycles. The maximum Gasteiger partial charge on any atom is 0.248 e. The summed E-state index contributed by atoms with van der Waals surface area (Å²) in [6, 6.07) is 14.8. The number of aliphatic hydroxyl groups is 1. The van der Waals surface area contributed by atoms with Crippen LogP contribution in [-0.4, -0.2) is 52.6 Å². The number of amides is 1. The van der Waals surface area contributed by atoms with Gasteiger partial charge >= 0.3 is 0 Å². The molecule has 3 aromatic carbocycles. The van der Waals surface area contributed by atoms with Gasteiger partial charge in [-0.1, -0.05) is 12.1 Å². The van der Waals surface area contributed by atoms with Gasteiger partial charge in [-0.3, -0.25) is 9.69 Å². The standard InChI is InChI=1S/C32H34FN5O4/c1-32(2,40)25-16-23(42-22-9-5-7-20(33)15-22)11-12-26(25)37-31-24-17-28(29(41-4)18-27(24)34-19-35-31)36-30(39)13-10-21-8-6-14-38(21)3/h5,7,9-13,15-19,21,40H,6,8,14H2,1-4H3,(H,36,39)(H,34,35,37). The number of aromatic nitrogens is 2. The lowest BCUT2D eigenvalue weighted by molar-refractivity contribution is -0.112. The van der Waals surface area contributed by atoms with Gasteiger partial charge in [-0.05, 0) is 76.7 Å². The van der Waals surface area contributed by atoms with E-state index in [1.54, 1.807) is 62.4 Å². The molecule has 1 unspecified atom stereocenters. The first kappa shape index (κ1) is 29.0. The predicted octanol–water partition coefficient (Wildman–Crippen LogP) is 6.13. The molecule has 5 rings (SSSR count). The highest BCUT2D eigenvalue weighted by Crippen LogP contribution is 2.37. The lowest BCUT2D eigenvalue weighted by Gasteiger charge is -2.23. The predicted molar refractivity (Wildman–Crippen MR) is 161 cm³/mol. The van der Waals surface area contributed by atoms with Crippen molar-refractivity contribution in [3.05, 3.63) is 84.5 Å². The number of benzene rings is 3. The van der Waals surface area contributed by atoms with Gasteiger partial charge < -0.3 is 25.2 Å². The van der Waals surface area contributed by atoms with Crippen LogP contribution in [0.2, 0.25) is 0 Å². The van der Waals surface area contributed by atoms with Gasteiger partial charge in [0.05, 0.1) is 23.9 Å². The first-order chi connectivity index (χ1) is 20.1. The molecular formula is C32H34FN5O4. The van der Waals surface area contributed by atoms with Crippen molar-refractivity contribution in [2.75, 3.05) is 31.3 Å². The third kappa shape index (κ3) is 6.67. The fourth-order valence-electron chi connectivity index (χ4n) is 5.00. The highest BCUT2D eigenvalue weighted by molar-refractivity contribution is 6.03. The number of ether oxygens (including phenoxy) is 2. The highest BCUT2D eigenvalue weighted by atomic mass is 19.1. The fraction of sp³-hybridized carbons (Fsp3) is 0.281. The van der Waals surface area contributed by atoms with Crippen molar-refractivity contribution in [1.82, 2.24) is 14.9 Å². The van der Waals surface area contributed by atoms with E-state index in [9.17, 15) is 14.3 Å². The number of nitrogens with one attached hydrogen (secondary N) is 2. The molecule has 3 N–H and O–H groups in total. The second-order valence-electron chi connectivity index (χ2n) is 10.8. The van der Waals surface area contributed by atoms with Gasteiger partial charge in [0.15, 0.2) is 0 Å². The summed E-state index contributed by atoms with van der Waals surface area (Å²) in [6.07, 6.45) is 7.04. The second kappa shape index (κ2) is 12.1. The number of likely N-dealkylation sites (tertiary alicyclic amines) is 1. The van der Waals surface area contributed by atoms with Gasteiger partial charge in [0.1, 0.15) is 35.2 Å². The maximum absolute atomic E-state index is 13.7. The van der Waals surface area contributed by atoms with Gasteiger partial charge in [0, 0.05) is 40.9 Å². The molecular weight excluding hydrogens is 537 g/mol. The quantitative estimate of drug-likeness (QED) is 0.206. The first-order valence-electron chi connectivity index (χ1n) is 13.7. The Bertz CT molecular complexity index is 1640. The normalized spacial score (nSPS) is 15.7. The van der Waals surface area contributed by atoms with Crippen LogP contribution in [0, 0.1) is 5.82 Å². The lowest BCUT2D eigenvalue weighted by atomic mass is 9.96. The van der Waals surface area contributed by atoms with E-state index in [0.29, 0.717) is 50.9 Å². The highest BCUT2D eigenvalue weighted by Gasteiger charge is 2.23. The van der Waals surface area contributed by atoms with E-state index in [-0.39, 0.29) is 11.9 Å². The zero-order valence-electron chi connectivity index (χ0n) is 24.0. The maximum atomic E-state index is 13.7. The molecule has 0 radical (unpaired) electrons. The van der Waals surface area contributed by atoms with Crippen molar-refractivity contribution in [3.63, 3.8) is 0 Å². The third-order valence-electron chi connectivity index (χ3n) is 7.20. The Morgan fingerprint density at radius 1 is 1.12 bits per heavy atom. The molecule has 10 heteroatoms. The molecule has 1 aliphatic heterocycles. The third-order valence-corrected chi connectivity index (χ3v) is 7.20. The second-order valence-corrected chi connectivity index (χ2v) is 10.8. The van der Waals surface area contributed by atoms with Crippen molar-refractivity contribution in [2.45, 2.75) is 38.3 Å². The number of methoxy groups -OCH3 is 1. The smallest absolute Gasteiger partial charge is 0.248 e. The topological polar surface area (TPSA) is 109 Å². The molecule has 9 nitrogen and oxygen atoms in total. The SMILES string of the molecule is COc1cc2ncnc(Nc3ccc(Oc4cccc(F)c4)cc3C(C)(C)O)c2cc1NC(=O)C=CC1CCCN1C. The molecule has 4 aromatic rings. The summed E-state index contributed by atoms with van der Waals surface area (Å²) in [5.41, 5.74) is 0.931. The van der Waals surface area contributed by atoms with E-state index in [2.05, 4.69) is 32.5 Å². The number of anilines is 3. The monoisotopic (exact) mass is 571 g/mol. The summed E-state index contributed by atoms with van der Waals surface area (Å²) in [7, 11) is 3.58. The van der Waals surface area contributed by atoms with Crippen LogP contribution < -0.4 is 20.1 Å². The van der Waals surface area contributed by atoms with Gasteiger partial charge in [0.2, 0.25) is 5.91 Å². The van der Waals surface area contributed by atoms with Crippen molar-refractivity contribution in [3.8, 4) is 17.2 Å². The van der Waals surface area contributed by atoms with Crippen LogP contribution in [0.4, 0.5) is 21.6 Å². The molecule has 1 atom stereocenters. The summed E-state index contributed by atoms with van der Waals surface area (Å²) in [5.74, 6) is 1.02. The molecule has 2 heterocycles. The van der Waals surface area contributed by atoms with E-state index in [1.165, 1.54) is 25.6 Å². The van der Waals surface area contributed by atoms with Crippen LogP contribution in [0.25, 0.3) is 10.9 Å².